The predicted octanol–water partition coefficient (Wildman–Crippen LogP) is 5.75. The molecule has 0 bridgehead atoms. The number of ether oxygens (including phenoxy) is 3. The highest BCUT2D eigenvalue weighted by Gasteiger charge is 2.12. The summed E-state index contributed by atoms with van der Waals surface area (Å²) in [5, 5.41) is 6.89. The lowest BCUT2D eigenvalue weighted by Crippen LogP contribution is -2.20. The summed E-state index contributed by atoms with van der Waals surface area (Å²) >= 11 is 0. The number of amides is 2. The summed E-state index contributed by atoms with van der Waals surface area (Å²) in [5.41, 5.74) is 6.27. The second-order valence-electron chi connectivity index (χ2n) is 8.81. The molecule has 0 saturated carbocycles. The monoisotopic (exact) mass is 537 g/mol. The van der Waals surface area contributed by atoms with E-state index >= 15 is 0 Å². The van der Waals surface area contributed by atoms with E-state index in [2.05, 4.69) is 15.8 Å². The highest BCUT2D eigenvalue weighted by molar-refractivity contribution is 5.96. The van der Waals surface area contributed by atoms with Crippen molar-refractivity contribution in [3.05, 3.63) is 119 Å². The van der Waals surface area contributed by atoms with Crippen LogP contribution in [0.25, 0.3) is 0 Å². The molecule has 4 aromatic carbocycles. The van der Waals surface area contributed by atoms with Gasteiger partial charge in [-0.15, -0.1) is 0 Å². The highest BCUT2D eigenvalue weighted by Crippen LogP contribution is 2.29. The summed E-state index contributed by atoms with van der Waals surface area (Å²) in [6.07, 6.45) is 1.46. The molecule has 0 heterocycles. The third-order valence-electron chi connectivity index (χ3n) is 5.69. The van der Waals surface area contributed by atoms with Gasteiger partial charge in [0.2, 0.25) is 0 Å². The van der Waals surface area contributed by atoms with E-state index in [0.717, 1.165) is 11.1 Å². The molecule has 0 saturated heterocycles. The van der Waals surface area contributed by atoms with Crippen molar-refractivity contribution >= 4 is 23.7 Å². The molecule has 4 rings (SSSR count). The molecule has 4 aromatic rings. The number of nitrogens with one attached hydrogen (secondary N) is 2. The van der Waals surface area contributed by atoms with E-state index in [0.29, 0.717) is 47.3 Å². The van der Waals surface area contributed by atoms with Crippen LogP contribution < -0.4 is 25.0 Å². The predicted molar refractivity (Wildman–Crippen MR) is 155 cm³/mol. The Labute approximate surface area is 233 Å². The van der Waals surface area contributed by atoms with Gasteiger partial charge in [0, 0.05) is 16.8 Å². The second-order valence-corrected chi connectivity index (χ2v) is 8.81. The number of carbonyl (C=O) groups is 2. The lowest BCUT2D eigenvalue weighted by atomic mass is 10.2. The van der Waals surface area contributed by atoms with Gasteiger partial charge in [-0.05, 0) is 67.4 Å². The zero-order chi connectivity index (χ0) is 28.2. The van der Waals surface area contributed by atoms with Crippen LogP contribution in [0.2, 0.25) is 0 Å². The van der Waals surface area contributed by atoms with Crippen LogP contribution in [0.1, 0.15) is 34.0 Å². The SMILES string of the molecule is CCOc1cc(C(=O)N/N=C/c2ccccc2OCC(=O)Nc2cccc(C)c2)ccc1OCc1ccccc1. The molecular formula is C32H31N3O5. The maximum absolute atomic E-state index is 12.8. The molecule has 8 heteroatoms. The Balaban J connectivity index is 1.35. The molecule has 0 radical (unpaired) electrons. The lowest BCUT2D eigenvalue weighted by molar-refractivity contribution is -0.118. The molecule has 0 aliphatic heterocycles. The zero-order valence-electron chi connectivity index (χ0n) is 22.4. The van der Waals surface area contributed by atoms with Crippen molar-refractivity contribution in [2.45, 2.75) is 20.5 Å². The lowest BCUT2D eigenvalue weighted by Gasteiger charge is -2.13. The van der Waals surface area contributed by atoms with E-state index < -0.39 is 5.91 Å². The Bertz CT molecular complexity index is 1470. The Hall–Kier alpha value is -5.11. The molecule has 0 fully saturated rings. The molecule has 0 unspecified atom stereocenters. The summed E-state index contributed by atoms with van der Waals surface area (Å²) in [5.74, 6) is 0.772. The molecule has 2 N–H and O–H groups in total. The van der Waals surface area contributed by atoms with Gasteiger partial charge in [0.25, 0.3) is 11.8 Å². The van der Waals surface area contributed by atoms with Crippen LogP contribution in [0.15, 0.2) is 102 Å². The first-order valence-corrected chi connectivity index (χ1v) is 12.9. The van der Waals surface area contributed by atoms with Crippen LogP contribution >= 0.6 is 0 Å². The van der Waals surface area contributed by atoms with Crippen molar-refractivity contribution in [1.29, 1.82) is 0 Å². The van der Waals surface area contributed by atoms with Crippen LogP contribution in [0, 0.1) is 6.92 Å². The van der Waals surface area contributed by atoms with Gasteiger partial charge in [-0.3, -0.25) is 9.59 Å². The number of nitrogens with zero attached hydrogens (tertiary/aromatic N) is 1. The van der Waals surface area contributed by atoms with Gasteiger partial charge in [0.05, 0.1) is 12.8 Å². The van der Waals surface area contributed by atoms with Gasteiger partial charge in [-0.2, -0.15) is 5.10 Å². The molecular weight excluding hydrogens is 506 g/mol. The standard InChI is InChI=1S/C32H31N3O5/c1-3-38-30-19-25(16-17-29(30)39-21-24-11-5-4-6-12-24)32(37)35-33-20-26-13-7-8-15-28(26)40-22-31(36)34-27-14-9-10-23(2)18-27/h4-20H,3,21-22H2,1-2H3,(H,34,36)(H,35,37)/b33-20+. The first-order valence-electron chi connectivity index (χ1n) is 12.9. The maximum Gasteiger partial charge on any atom is 0.271 e. The summed E-state index contributed by atoms with van der Waals surface area (Å²) < 4.78 is 17.3. The molecule has 0 spiro atoms. The van der Waals surface area contributed by atoms with Gasteiger partial charge in [-0.25, -0.2) is 5.43 Å². The van der Waals surface area contributed by atoms with Crippen molar-refractivity contribution in [2.24, 2.45) is 5.10 Å². The smallest absolute Gasteiger partial charge is 0.271 e. The minimum atomic E-state index is -0.414. The van der Waals surface area contributed by atoms with Crippen molar-refractivity contribution in [1.82, 2.24) is 5.43 Å². The Morgan fingerprint density at radius 1 is 0.800 bits per heavy atom. The quantitative estimate of drug-likeness (QED) is 0.177. The molecule has 40 heavy (non-hydrogen) atoms. The van der Waals surface area contributed by atoms with Crippen LogP contribution in [0.4, 0.5) is 5.69 Å². The molecule has 0 atom stereocenters. The Morgan fingerprint density at radius 2 is 1.60 bits per heavy atom. The fourth-order valence-corrected chi connectivity index (χ4v) is 3.78. The minimum Gasteiger partial charge on any atom is -0.490 e. The summed E-state index contributed by atoms with van der Waals surface area (Å²) in [4.78, 5) is 25.1. The first kappa shape index (κ1) is 27.9. The number of aryl methyl sites for hydroxylation is 1. The van der Waals surface area contributed by atoms with Gasteiger partial charge in [-0.1, -0.05) is 54.6 Å². The number of rotatable bonds is 12. The largest absolute Gasteiger partial charge is 0.490 e. The number of hydrogen-bond acceptors (Lipinski definition) is 6. The first-order chi connectivity index (χ1) is 19.5. The molecule has 0 aromatic heterocycles. The fourth-order valence-electron chi connectivity index (χ4n) is 3.78. The average Bonchev–Trinajstić information content (AvgIpc) is 2.96. The number of hydrogen-bond donors (Lipinski definition) is 2. The topological polar surface area (TPSA) is 98.3 Å². The Kier molecular flexibility index (Phi) is 9.88. The van der Waals surface area contributed by atoms with Crippen LogP contribution in [-0.2, 0) is 11.4 Å². The Morgan fingerprint density at radius 3 is 2.40 bits per heavy atom. The van der Waals surface area contributed by atoms with Crippen molar-refractivity contribution in [3.8, 4) is 17.2 Å². The van der Waals surface area contributed by atoms with E-state index in [-0.39, 0.29) is 12.5 Å². The van der Waals surface area contributed by atoms with Crippen LogP contribution in [0.3, 0.4) is 0 Å². The molecule has 0 aliphatic rings. The third-order valence-corrected chi connectivity index (χ3v) is 5.69. The van der Waals surface area contributed by atoms with Crippen molar-refractivity contribution in [2.75, 3.05) is 18.5 Å². The number of benzene rings is 4. The van der Waals surface area contributed by atoms with E-state index in [4.69, 9.17) is 14.2 Å². The third kappa shape index (κ3) is 8.19. The molecule has 2 amide bonds. The normalized spacial score (nSPS) is 10.7. The minimum absolute atomic E-state index is 0.177. The summed E-state index contributed by atoms with van der Waals surface area (Å²) in [6.45, 7) is 4.44. The summed E-state index contributed by atoms with van der Waals surface area (Å²) in [6, 6.07) is 29.4. The van der Waals surface area contributed by atoms with E-state index in [9.17, 15) is 9.59 Å². The van der Waals surface area contributed by atoms with Crippen molar-refractivity contribution in [3.63, 3.8) is 0 Å². The maximum atomic E-state index is 12.8. The zero-order valence-corrected chi connectivity index (χ0v) is 22.4. The van der Waals surface area contributed by atoms with Gasteiger partial charge in [0.15, 0.2) is 18.1 Å². The van der Waals surface area contributed by atoms with Crippen molar-refractivity contribution < 1.29 is 23.8 Å². The number of hydrazone groups is 1. The van der Waals surface area contributed by atoms with Crippen LogP contribution in [-0.4, -0.2) is 31.2 Å². The average molecular weight is 538 g/mol. The summed E-state index contributed by atoms with van der Waals surface area (Å²) in [7, 11) is 0. The van der Waals surface area contributed by atoms with Gasteiger partial charge in [0.1, 0.15) is 12.4 Å². The van der Waals surface area contributed by atoms with Gasteiger partial charge >= 0.3 is 0 Å². The van der Waals surface area contributed by atoms with E-state index in [1.54, 1.807) is 36.4 Å². The fraction of sp³-hybridized carbons (Fsp3) is 0.156. The van der Waals surface area contributed by atoms with E-state index in [1.807, 2.05) is 74.5 Å². The van der Waals surface area contributed by atoms with Gasteiger partial charge < -0.3 is 19.5 Å². The number of carbonyl (C=O) groups excluding carboxylic acids is 2. The highest BCUT2D eigenvalue weighted by atomic mass is 16.5. The number of anilines is 1. The molecule has 8 nitrogen and oxygen atoms in total. The second kappa shape index (κ2) is 14.2. The van der Waals surface area contributed by atoms with Crippen LogP contribution in [0.5, 0.6) is 17.2 Å². The molecule has 204 valence electrons. The number of para-hydroxylation sites is 1. The molecule has 0 aliphatic carbocycles. The van der Waals surface area contributed by atoms with E-state index in [1.165, 1.54) is 6.21 Å².